The molecule has 1 nitrogen and oxygen atoms in total. The molecule has 0 aliphatic carbocycles. The van der Waals surface area contributed by atoms with E-state index < -0.39 is 5.60 Å². The molecule has 0 atom stereocenters. The molecule has 1 heteroatoms. The topological polar surface area (TPSA) is 20.2 Å². The Kier molecular flexibility index (Phi) is 4.09. The fourth-order valence-corrected chi connectivity index (χ4v) is 1.84. The maximum absolute atomic E-state index is 9.86. The second kappa shape index (κ2) is 4.10. The smallest absolute Gasteiger partial charge is 0.0624 e. The van der Waals surface area contributed by atoms with Gasteiger partial charge in [0.15, 0.2) is 0 Å². The molecule has 0 rings (SSSR count). The standard InChI is InChI=1S/C10H22O/c1-8(2)6-10(5,11)7-9(3)4/h8-9,11H,6-7H2,1-5H3. The van der Waals surface area contributed by atoms with Crippen molar-refractivity contribution in [2.75, 3.05) is 0 Å². The Hall–Kier alpha value is -0.0400. The van der Waals surface area contributed by atoms with Crippen molar-refractivity contribution in [3.05, 3.63) is 0 Å². The predicted molar refractivity (Wildman–Crippen MR) is 49.5 cm³/mol. The first kappa shape index (κ1) is 11.0. The zero-order valence-electron chi connectivity index (χ0n) is 8.52. The molecule has 0 unspecified atom stereocenters. The highest BCUT2D eigenvalue weighted by Gasteiger charge is 2.22. The first-order valence-electron chi connectivity index (χ1n) is 4.56. The molecule has 1 N–H and O–H groups in total. The van der Waals surface area contributed by atoms with E-state index in [0.717, 1.165) is 12.8 Å². The molecule has 0 aromatic rings. The van der Waals surface area contributed by atoms with Crippen LogP contribution in [0.15, 0.2) is 0 Å². The molecule has 0 aromatic heterocycles. The molecule has 0 amide bonds. The van der Waals surface area contributed by atoms with Crippen LogP contribution in [0.25, 0.3) is 0 Å². The Bertz CT molecular complexity index is 91.4. The first-order valence-corrected chi connectivity index (χ1v) is 4.56. The van der Waals surface area contributed by atoms with Gasteiger partial charge in [-0.15, -0.1) is 0 Å². The zero-order chi connectivity index (χ0) is 9.07. The van der Waals surface area contributed by atoms with Gasteiger partial charge >= 0.3 is 0 Å². The van der Waals surface area contributed by atoms with E-state index in [2.05, 4.69) is 27.7 Å². The Balaban J connectivity index is 3.79. The molecule has 0 spiro atoms. The lowest BCUT2D eigenvalue weighted by atomic mass is 9.87. The minimum Gasteiger partial charge on any atom is -0.390 e. The Labute approximate surface area is 70.8 Å². The van der Waals surface area contributed by atoms with Gasteiger partial charge in [-0.2, -0.15) is 0 Å². The summed E-state index contributed by atoms with van der Waals surface area (Å²) >= 11 is 0. The van der Waals surface area contributed by atoms with Crippen molar-refractivity contribution in [1.29, 1.82) is 0 Å². The molecule has 11 heavy (non-hydrogen) atoms. The van der Waals surface area contributed by atoms with E-state index in [9.17, 15) is 5.11 Å². The van der Waals surface area contributed by atoms with Gasteiger partial charge in [0.1, 0.15) is 0 Å². The van der Waals surface area contributed by atoms with E-state index in [0.29, 0.717) is 11.8 Å². The van der Waals surface area contributed by atoms with E-state index in [1.807, 2.05) is 6.92 Å². The first-order chi connectivity index (χ1) is 4.83. The van der Waals surface area contributed by atoms with Crippen LogP contribution in [0.5, 0.6) is 0 Å². The van der Waals surface area contributed by atoms with E-state index in [1.54, 1.807) is 0 Å². The lowest BCUT2D eigenvalue weighted by Crippen LogP contribution is -2.28. The van der Waals surface area contributed by atoms with Crippen LogP contribution in [0.2, 0.25) is 0 Å². The Morgan fingerprint density at radius 3 is 1.45 bits per heavy atom. The van der Waals surface area contributed by atoms with Gasteiger partial charge in [-0.25, -0.2) is 0 Å². The normalized spacial score (nSPS) is 13.1. The molecule has 68 valence electrons. The number of rotatable bonds is 4. The van der Waals surface area contributed by atoms with Crippen LogP contribution in [0.4, 0.5) is 0 Å². The van der Waals surface area contributed by atoms with Crippen LogP contribution in [0.1, 0.15) is 47.5 Å². The van der Waals surface area contributed by atoms with Crippen LogP contribution < -0.4 is 0 Å². The molecule has 0 aromatic carbocycles. The van der Waals surface area contributed by atoms with Crippen LogP contribution in [0, 0.1) is 11.8 Å². The molecule has 0 heterocycles. The van der Waals surface area contributed by atoms with E-state index >= 15 is 0 Å². The second-order valence-corrected chi connectivity index (χ2v) is 4.69. The summed E-state index contributed by atoms with van der Waals surface area (Å²) in [6, 6.07) is 0. The van der Waals surface area contributed by atoms with Crippen molar-refractivity contribution in [2.24, 2.45) is 11.8 Å². The number of aliphatic hydroxyl groups is 1. The Morgan fingerprint density at radius 2 is 1.27 bits per heavy atom. The summed E-state index contributed by atoms with van der Waals surface area (Å²) in [5, 5.41) is 9.86. The lowest BCUT2D eigenvalue weighted by Gasteiger charge is -2.26. The summed E-state index contributed by atoms with van der Waals surface area (Å²) in [7, 11) is 0. The average Bonchev–Trinajstić information content (AvgIpc) is 1.53. The highest BCUT2D eigenvalue weighted by atomic mass is 16.3. The third-order valence-electron chi connectivity index (χ3n) is 1.70. The summed E-state index contributed by atoms with van der Waals surface area (Å²) in [5.74, 6) is 1.17. The molecule has 0 bridgehead atoms. The fraction of sp³-hybridized carbons (Fsp3) is 1.00. The van der Waals surface area contributed by atoms with Gasteiger partial charge in [-0.05, 0) is 31.6 Å². The summed E-state index contributed by atoms with van der Waals surface area (Å²) in [6.45, 7) is 10.5. The van der Waals surface area contributed by atoms with Gasteiger partial charge in [0.05, 0.1) is 5.60 Å². The third kappa shape index (κ3) is 6.36. The third-order valence-corrected chi connectivity index (χ3v) is 1.70. The monoisotopic (exact) mass is 158 g/mol. The predicted octanol–water partition coefficient (Wildman–Crippen LogP) is 2.83. The number of hydrogen-bond donors (Lipinski definition) is 1. The van der Waals surface area contributed by atoms with E-state index in [-0.39, 0.29) is 0 Å². The highest BCUT2D eigenvalue weighted by molar-refractivity contribution is 4.75. The molecule has 0 aliphatic rings. The van der Waals surface area contributed by atoms with Gasteiger partial charge in [-0.3, -0.25) is 0 Å². The minimum absolute atomic E-state index is 0.456. The van der Waals surface area contributed by atoms with Crippen molar-refractivity contribution in [3.63, 3.8) is 0 Å². The largest absolute Gasteiger partial charge is 0.390 e. The SMILES string of the molecule is CC(C)CC(C)(O)CC(C)C. The zero-order valence-corrected chi connectivity index (χ0v) is 8.52. The van der Waals surface area contributed by atoms with Gasteiger partial charge in [0, 0.05) is 0 Å². The van der Waals surface area contributed by atoms with Crippen molar-refractivity contribution < 1.29 is 5.11 Å². The fourth-order valence-electron chi connectivity index (χ4n) is 1.84. The second-order valence-electron chi connectivity index (χ2n) is 4.69. The van der Waals surface area contributed by atoms with Crippen LogP contribution >= 0.6 is 0 Å². The van der Waals surface area contributed by atoms with Gasteiger partial charge in [-0.1, -0.05) is 27.7 Å². The highest BCUT2D eigenvalue weighted by Crippen LogP contribution is 2.23. The summed E-state index contributed by atoms with van der Waals surface area (Å²) in [4.78, 5) is 0. The molecule has 0 aliphatic heterocycles. The van der Waals surface area contributed by atoms with Crippen LogP contribution in [0.3, 0.4) is 0 Å². The van der Waals surface area contributed by atoms with Crippen LogP contribution in [-0.4, -0.2) is 10.7 Å². The Morgan fingerprint density at radius 1 is 1.00 bits per heavy atom. The van der Waals surface area contributed by atoms with Crippen molar-refractivity contribution in [1.82, 2.24) is 0 Å². The quantitative estimate of drug-likeness (QED) is 0.667. The minimum atomic E-state index is -0.456. The van der Waals surface area contributed by atoms with Gasteiger partial charge in [0.25, 0.3) is 0 Å². The maximum Gasteiger partial charge on any atom is 0.0624 e. The molecule has 0 fully saturated rings. The van der Waals surface area contributed by atoms with Gasteiger partial charge in [0.2, 0.25) is 0 Å². The van der Waals surface area contributed by atoms with Crippen molar-refractivity contribution in [2.45, 2.75) is 53.1 Å². The molecular formula is C10H22O. The molecule has 0 saturated heterocycles. The van der Waals surface area contributed by atoms with Crippen molar-refractivity contribution >= 4 is 0 Å². The van der Waals surface area contributed by atoms with E-state index in [4.69, 9.17) is 0 Å². The van der Waals surface area contributed by atoms with Crippen molar-refractivity contribution in [3.8, 4) is 0 Å². The molecule has 0 saturated carbocycles. The number of hydrogen-bond acceptors (Lipinski definition) is 1. The van der Waals surface area contributed by atoms with E-state index in [1.165, 1.54) is 0 Å². The van der Waals surface area contributed by atoms with Gasteiger partial charge < -0.3 is 5.11 Å². The maximum atomic E-state index is 9.86. The lowest BCUT2D eigenvalue weighted by molar-refractivity contribution is 0.0186. The average molecular weight is 158 g/mol. The summed E-state index contributed by atoms with van der Waals surface area (Å²) in [5.41, 5.74) is -0.456. The summed E-state index contributed by atoms with van der Waals surface area (Å²) in [6.07, 6.45) is 1.82. The molecule has 0 radical (unpaired) electrons. The molecular weight excluding hydrogens is 136 g/mol. The summed E-state index contributed by atoms with van der Waals surface area (Å²) < 4.78 is 0. The van der Waals surface area contributed by atoms with Crippen LogP contribution in [-0.2, 0) is 0 Å².